The summed E-state index contributed by atoms with van der Waals surface area (Å²) in [5.41, 5.74) is 4.97. The third-order valence-corrected chi connectivity index (χ3v) is 6.14. The quantitative estimate of drug-likeness (QED) is 0.241. The van der Waals surface area contributed by atoms with Gasteiger partial charge in [0.1, 0.15) is 23.3 Å². The molecule has 0 aliphatic heterocycles. The van der Waals surface area contributed by atoms with Crippen LogP contribution in [0.2, 0.25) is 0 Å². The van der Waals surface area contributed by atoms with Gasteiger partial charge in [-0.2, -0.15) is 10.5 Å². The molecule has 0 N–H and O–H groups in total. The Kier molecular flexibility index (Phi) is 5.99. The predicted octanol–water partition coefficient (Wildman–Crippen LogP) is 7.17. The SMILES string of the molecule is N#CC(C#N)=C1C=C(c2cc3ccc(N(c4ccccc4)c4ccccc4)cc3oc2=O)CCC1. The van der Waals surface area contributed by atoms with E-state index in [-0.39, 0.29) is 5.57 Å². The second-order valence-corrected chi connectivity index (χ2v) is 8.32. The van der Waals surface area contributed by atoms with Gasteiger partial charge in [-0.3, -0.25) is 0 Å². The predicted molar refractivity (Wildman–Crippen MR) is 137 cm³/mol. The van der Waals surface area contributed by atoms with E-state index in [1.165, 1.54) is 0 Å². The molecule has 1 heterocycles. The Morgan fingerprint density at radius 3 is 2.09 bits per heavy atom. The lowest BCUT2D eigenvalue weighted by Gasteiger charge is -2.25. The van der Waals surface area contributed by atoms with Gasteiger partial charge in [0.05, 0.1) is 5.56 Å². The molecule has 0 saturated carbocycles. The fourth-order valence-electron chi connectivity index (χ4n) is 4.47. The van der Waals surface area contributed by atoms with E-state index in [0.717, 1.165) is 34.4 Å². The van der Waals surface area contributed by atoms with E-state index >= 15 is 0 Å². The normalized spacial score (nSPS) is 13.0. The lowest BCUT2D eigenvalue weighted by atomic mass is 9.89. The van der Waals surface area contributed by atoms with E-state index in [1.807, 2.05) is 97.1 Å². The van der Waals surface area contributed by atoms with Crippen LogP contribution in [0.4, 0.5) is 17.1 Å². The van der Waals surface area contributed by atoms with Crippen LogP contribution >= 0.6 is 0 Å². The Balaban J connectivity index is 1.60. The number of hydrogen-bond acceptors (Lipinski definition) is 5. The van der Waals surface area contributed by atoms with Crippen molar-refractivity contribution in [2.75, 3.05) is 4.90 Å². The van der Waals surface area contributed by atoms with Gasteiger partial charge >= 0.3 is 5.63 Å². The molecule has 0 spiro atoms. The highest BCUT2D eigenvalue weighted by Crippen LogP contribution is 2.36. The molecular weight excluding hydrogens is 434 g/mol. The highest BCUT2D eigenvalue weighted by atomic mass is 16.4. The Labute approximate surface area is 203 Å². The molecule has 1 aromatic heterocycles. The van der Waals surface area contributed by atoms with Crippen LogP contribution < -0.4 is 10.5 Å². The summed E-state index contributed by atoms with van der Waals surface area (Å²) in [5, 5.41) is 19.3. The fourth-order valence-corrected chi connectivity index (χ4v) is 4.47. The molecule has 0 atom stereocenters. The summed E-state index contributed by atoms with van der Waals surface area (Å²) >= 11 is 0. The Morgan fingerprint density at radius 2 is 1.46 bits per heavy atom. The van der Waals surface area contributed by atoms with Gasteiger partial charge in [0.15, 0.2) is 0 Å². The van der Waals surface area contributed by atoms with Gasteiger partial charge in [0.25, 0.3) is 0 Å². The zero-order chi connectivity index (χ0) is 24.2. The second kappa shape index (κ2) is 9.55. The number of rotatable bonds is 4. The molecule has 0 saturated heterocycles. The molecule has 0 amide bonds. The minimum atomic E-state index is -0.427. The topological polar surface area (TPSA) is 81.0 Å². The minimum Gasteiger partial charge on any atom is -0.422 e. The first-order chi connectivity index (χ1) is 17.2. The summed E-state index contributed by atoms with van der Waals surface area (Å²) < 4.78 is 5.79. The summed E-state index contributed by atoms with van der Waals surface area (Å²) in [5.74, 6) is 0. The van der Waals surface area contributed by atoms with Gasteiger partial charge in [-0.05, 0) is 72.9 Å². The molecule has 5 heteroatoms. The van der Waals surface area contributed by atoms with Crippen LogP contribution in [0.3, 0.4) is 0 Å². The third kappa shape index (κ3) is 4.36. The maximum Gasteiger partial charge on any atom is 0.343 e. The van der Waals surface area contributed by atoms with Crippen LogP contribution in [-0.2, 0) is 0 Å². The van der Waals surface area contributed by atoms with E-state index in [4.69, 9.17) is 4.42 Å². The molecule has 0 radical (unpaired) electrons. The number of anilines is 3. The maximum absolute atomic E-state index is 13.0. The van der Waals surface area contributed by atoms with Crippen molar-refractivity contribution in [1.29, 1.82) is 10.5 Å². The molecule has 0 unspecified atom stereocenters. The van der Waals surface area contributed by atoms with Gasteiger partial charge in [0, 0.05) is 28.5 Å². The summed E-state index contributed by atoms with van der Waals surface area (Å²) in [6.45, 7) is 0. The van der Waals surface area contributed by atoms with Gasteiger partial charge in [-0.15, -0.1) is 0 Å². The highest BCUT2D eigenvalue weighted by Gasteiger charge is 2.18. The minimum absolute atomic E-state index is 0.0962. The first-order valence-corrected chi connectivity index (χ1v) is 11.4. The van der Waals surface area contributed by atoms with Crippen LogP contribution in [0, 0.1) is 22.7 Å². The molecule has 0 fully saturated rings. The van der Waals surface area contributed by atoms with E-state index in [2.05, 4.69) is 4.90 Å². The lowest BCUT2D eigenvalue weighted by molar-refractivity contribution is 0.558. The zero-order valence-electron chi connectivity index (χ0n) is 18.9. The fraction of sp³-hybridized carbons (Fsp3) is 0.100. The number of nitrogens with zero attached hydrogens (tertiary/aromatic N) is 3. The van der Waals surface area contributed by atoms with E-state index in [0.29, 0.717) is 29.6 Å². The largest absolute Gasteiger partial charge is 0.422 e. The summed E-state index contributed by atoms with van der Waals surface area (Å²) in [6, 6.07) is 31.6. The van der Waals surface area contributed by atoms with E-state index < -0.39 is 5.63 Å². The standard InChI is InChI=1S/C30H21N3O2/c31-19-24(20-32)21-8-7-9-22(16-21)28-17-23-14-15-27(18-29(23)35-30(28)34)33(25-10-3-1-4-11-25)26-12-5-2-6-13-26/h1-6,10-18H,7-9H2. The molecule has 5 nitrogen and oxygen atoms in total. The first kappa shape index (κ1) is 21.9. The van der Waals surface area contributed by atoms with E-state index in [9.17, 15) is 15.3 Å². The second-order valence-electron chi connectivity index (χ2n) is 8.32. The number of hydrogen-bond donors (Lipinski definition) is 0. The van der Waals surface area contributed by atoms with Gasteiger partial charge in [-0.1, -0.05) is 42.5 Å². The molecule has 1 aliphatic carbocycles. The first-order valence-electron chi connectivity index (χ1n) is 11.4. The molecule has 5 rings (SSSR count). The number of allylic oxidation sites excluding steroid dienone is 4. The molecule has 4 aromatic rings. The van der Waals surface area contributed by atoms with Crippen molar-refractivity contribution in [3.63, 3.8) is 0 Å². The zero-order valence-corrected chi connectivity index (χ0v) is 18.9. The maximum atomic E-state index is 13.0. The molecule has 1 aliphatic rings. The van der Waals surface area contributed by atoms with Crippen LogP contribution in [0.15, 0.2) is 111 Å². The highest BCUT2D eigenvalue weighted by molar-refractivity contribution is 5.87. The van der Waals surface area contributed by atoms with Crippen molar-refractivity contribution >= 4 is 33.6 Å². The number of fused-ring (bicyclic) bond motifs is 1. The summed E-state index contributed by atoms with van der Waals surface area (Å²) in [7, 11) is 0. The molecule has 35 heavy (non-hydrogen) atoms. The van der Waals surface area contributed by atoms with Crippen molar-refractivity contribution in [2.45, 2.75) is 19.3 Å². The number of nitriles is 2. The van der Waals surface area contributed by atoms with Crippen LogP contribution in [0.1, 0.15) is 24.8 Å². The molecule has 0 bridgehead atoms. The molecule has 168 valence electrons. The van der Waals surface area contributed by atoms with Crippen LogP contribution in [-0.4, -0.2) is 0 Å². The third-order valence-electron chi connectivity index (χ3n) is 6.14. The van der Waals surface area contributed by atoms with Gasteiger partial charge in [0.2, 0.25) is 0 Å². The monoisotopic (exact) mass is 455 g/mol. The smallest absolute Gasteiger partial charge is 0.343 e. The van der Waals surface area contributed by atoms with Crippen molar-refractivity contribution < 1.29 is 4.42 Å². The average molecular weight is 456 g/mol. The van der Waals surface area contributed by atoms with Gasteiger partial charge in [-0.25, -0.2) is 4.79 Å². The van der Waals surface area contributed by atoms with Crippen molar-refractivity contribution in [2.24, 2.45) is 0 Å². The Bertz CT molecular complexity index is 1550. The number of para-hydroxylation sites is 2. The molecular formula is C30H21N3O2. The Morgan fingerprint density at radius 1 is 0.800 bits per heavy atom. The van der Waals surface area contributed by atoms with E-state index in [1.54, 1.807) is 6.08 Å². The van der Waals surface area contributed by atoms with Crippen molar-refractivity contribution in [1.82, 2.24) is 0 Å². The molecule has 3 aromatic carbocycles. The van der Waals surface area contributed by atoms with Crippen molar-refractivity contribution in [3.8, 4) is 12.1 Å². The van der Waals surface area contributed by atoms with Crippen LogP contribution in [0.5, 0.6) is 0 Å². The van der Waals surface area contributed by atoms with Crippen LogP contribution in [0.25, 0.3) is 16.5 Å². The number of benzene rings is 3. The van der Waals surface area contributed by atoms with Gasteiger partial charge < -0.3 is 9.32 Å². The Hall–Kier alpha value is -4.87. The average Bonchev–Trinajstić information content (AvgIpc) is 2.90. The summed E-state index contributed by atoms with van der Waals surface area (Å²) in [4.78, 5) is 15.1. The lowest BCUT2D eigenvalue weighted by Crippen LogP contribution is -2.11. The van der Waals surface area contributed by atoms with Crippen molar-refractivity contribution in [3.05, 3.63) is 118 Å². The summed E-state index contributed by atoms with van der Waals surface area (Å²) in [6.07, 6.45) is 3.91.